The number of nitrogens with one attached hydrogen (secondary N) is 1. The molecule has 6 nitrogen and oxygen atoms in total. The van der Waals surface area contributed by atoms with Crippen LogP contribution in [0.5, 0.6) is 11.5 Å². The number of rotatable bonds is 4. The fourth-order valence-corrected chi connectivity index (χ4v) is 4.94. The van der Waals surface area contributed by atoms with Crippen LogP contribution in [0.25, 0.3) is 6.08 Å². The van der Waals surface area contributed by atoms with Gasteiger partial charge in [0, 0.05) is 29.0 Å². The van der Waals surface area contributed by atoms with E-state index < -0.39 is 0 Å². The average Bonchev–Trinajstić information content (AvgIpc) is 3.42. The fraction of sp³-hybridized carbons (Fsp3) is 0.280. The molecular formula is C25H23N3O3. The van der Waals surface area contributed by atoms with Crippen molar-refractivity contribution >= 4 is 11.8 Å². The SMILES string of the molecule is O/N=C(/c1n[nH]c2c1C=CC(c1ccccc1)(c1ccc3c(c1)OCO3)C2)C1CCC1. The number of aromatic amines is 1. The second kappa shape index (κ2) is 7.01. The second-order valence-electron chi connectivity index (χ2n) is 8.49. The van der Waals surface area contributed by atoms with Crippen LogP contribution in [0, 0.1) is 5.92 Å². The maximum atomic E-state index is 9.67. The predicted octanol–water partition coefficient (Wildman–Crippen LogP) is 4.67. The number of aromatic nitrogens is 2. The molecule has 6 heteroatoms. The van der Waals surface area contributed by atoms with Crippen molar-refractivity contribution in [3.05, 3.63) is 82.7 Å². The second-order valence-corrected chi connectivity index (χ2v) is 8.49. The highest BCUT2D eigenvalue weighted by atomic mass is 16.7. The summed E-state index contributed by atoms with van der Waals surface area (Å²) in [6.45, 7) is 0.255. The molecule has 2 aromatic carbocycles. The van der Waals surface area contributed by atoms with Crippen molar-refractivity contribution in [3.8, 4) is 11.5 Å². The highest BCUT2D eigenvalue weighted by Crippen LogP contribution is 2.45. The summed E-state index contributed by atoms with van der Waals surface area (Å²) in [5.41, 5.74) is 5.49. The first kappa shape index (κ1) is 18.2. The molecule has 0 radical (unpaired) electrons. The van der Waals surface area contributed by atoms with E-state index in [4.69, 9.17) is 9.47 Å². The van der Waals surface area contributed by atoms with E-state index in [1.165, 1.54) is 12.0 Å². The normalized spacial score (nSPS) is 22.3. The lowest BCUT2D eigenvalue weighted by Crippen LogP contribution is -2.31. The van der Waals surface area contributed by atoms with Gasteiger partial charge in [-0.25, -0.2) is 0 Å². The lowest BCUT2D eigenvalue weighted by atomic mass is 9.68. The minimum atomic E-state index is -0.369. The molecule has 6 rings (SSSR count). The molecule has 1 aliphatic heterocycles. The van der Waals surface area contributed by atoms with E-state index in [9.17, 15) is 5.21 Å². The molecule has 0 spiro atoms. The summed E-state index contributed by atoms with van der Waals surface area (Å²) in [5.74, 6) is 1.85. The van der Waals surface area contributed by atoms with Crippen LogP contribution in [-0.4, -0.2) is 27.9 Å². The minimum Gasteiger partial charge on any atom is -0.454 e. The van der Waals surface area contributed by atoms with E-state index in [-0.39, 0.29) is 12.2 Å². The zero-order valence-corrected chi connectivity index (χ0v) is 17.0. The van der Waals surface area contributed by atoms with Crippen LogP contribution >= 0.6 is 0 Å². The molecule has 1 fully saturated rings. The molecule has 2 N–H and O–H groups in total. The van der Waals surface area contributed by atoms with Gasteiger partial charge in [0.2, 0.25) is 6.79 Å². The van der Waals surface area contributed by atoms with Crippen molar-refractivity contribution in [2.75, 3.05) is 6.79 Å². The summed E-state index contributed by atoms with van der Waals surface area (Å²) in [7, 11) is 0. The monoisotopic (exact) mass is 413 g/mol. The van der Waals surface area contributed by atoms with Crippen LogP contribution in [0.2, 0.25) is 0 Å². The Balaban J connectivity index is 1.47. The first-order valence-electron chi connectivity index (χ1n) is 10.7. The predicted molar refractivity (Wildman–Crippen MR) is 117 cm³/mol. The van der Waals surface area contributed by atoms with E-state index in [0.29, 0.717) is 11.6 Å². The van der Waals surface area contributed by atoms with Gasteiger partial charge in [-0.3, -0.25) is 5.10 Å². The van der Waals surface area contributed by atoms with Gasteiger partial charge >= 0.3 is 0 Å². The molecular weight excluding hydrogens is 390 g/mol. The Hall–Kier alpha value is -3.54. The first-order chi connectivity index (χ1) is 15.3. The third-order valence-corrected chi connectivity index (χ3v) is 6.89. The van der Waals surface area contributed by atoms with Crippen molar-refractivity contribution in [1.82, 2.24) is 10.2 Å². The van der Waals surface area contributed by atoms with Crippen molar-refractivity contribution < 1.29 is 14.7 Å². The van der Waals surface area contributed by atoms with Crippen LogP contribution in [0.4, 0.5) is 0 Å². The fourth-order valence-electron chi connectivity index (χ4n) is 4.94. The minimum absolute atomic E-state index is 0.255. The standard InChI is InChI=1S/C25H23N3O3/c29-28-23(16-5-4-6-16)24-19-11-12-25(14-20(19)26-27-24,17-7-2-1-3-8-17)18-9-10-21-22(13-18)31-15-30-21/h1-3,7-13,16,29H,4-6,14-15H2,(H,26,27)/b28-23+. The number of ether oxygens (including phenoxy) is 2. The highest BCUT2D eigenvalue weighted by molar-refractivity contribution is 6.04. The van der Waals surface area contributed by atoms with Crippen LogP contribution in [-0.2, 0) is 11.8 Å². The summed E-state index contributed by atoms with van der Waals surface area (Å²) in [5, 5.41) is 21.1. The van der Waals surface area contributed by atoms with Gasteiger partial charge < -0.3 is 14.7 Å². The third kappa shape index (κ3) is 2.78. The van der Waals surface area contributed by atoms with E-state index >= 15 is 0 Å². The number of oxime groups is 1. The Bertz CT molecular complexity index is 1190. The topological polar surface area (TPSA) is 79.7 Å². The number of nitrogens with zero attached hydrogens (tertiary/aromatic N) is 2. The molecule has 2 heterocycles. The molecule has 0 bridgehead atoms. The van der Waals surface area contributed by atoms with Gasteiger partial charge in [-0.1, -0.05) is 60.1 Å². The molecule has 1 saturated carbocycles. The number of hydrogen-bond acceptors (Lipinski definition) is 5. The van der Waals surface area contributed by atoms with Crippen molar-refractivity contribution in [3.63, 3.8) is 0 Å². The molecule has 2 aliphatic carbocycles. The van der Waals surface area contributed by atoms with Crippen molar-refractivity contribution in [2.24, 2.45) is 11.1 Å². The number of benzene rings is 2. The highest BCUT2D eigenvalue weighted by Gasteiger charge is 2.39. The molecule has 1 atom stereocenters. The van der Waals surface area contributed by atoms with Crippen LogP contribution in [0.3, 0.4) is 0 Å². The van der Waals surface area contributed by atoms with E-state index in [0.717, 1.165) is 53.3 Å². The van der Waals surface area contributed by atoms with Gasteiger partial charge in [0.25, 0.3) is 0 Å². The Morgan fingerprint density at radius 2 is 1.90 bits per heavy atom. The van der Waals surface area contributed by atoms with Gasteiger partial charge in [-0.15, -0.1) is 0 Å². The van der Waals surface area contributed by atoms with Gasteiger partial charge in [0.1, 0.15) is 11.4 Å². The molecule has 156 valence electrons. The molecule has 0 amide bonds. The third-order valence-electron chi connectivity index (χ3n) is 6.89. The Morgan fingerprint density at radius 3 is 2.68 bits per heavy atom. The van der Waals surface area contributed by atoms with Crippen molar-refractivity contribution in [2.45, 2.75) is 31.1 Å². The first-order valence-corrected chi connectivity index (χ1v) is 10.7. The maximum absolute atomic E-state index is 9.67. The smallest absolute Gasteiger partial charge is 0.231 e. The van der Waals surface area contributed by atoms with Gasteiger partial charge in [0.05, 0.1) is 0 Å². The lowest BCUT2D eigenvalue weighted by Gasteiger charge is -2.34. The number of fused-ring (bicyclic) bond motifs is 2. The molecule has 31 heavy (non-hydrogen) atoms. The summed E-state index contributed by atoms with van der Waals surface area (Å²) < 4.78 is 11.2. The van der Waals surface area contributed by atoms with E-state index in [1.807, 2.05) is 12.1 Å². The Kier molecular flexibility index (Phi) is 4.13. The number of H-pyrrole nitrogens is 1. The lowest BCUT2D eigenvalue weighted by molar-refractivity contribution is 0.174. The molecule has 1 aromatic heterocycles. The summed E-state index contributed by atoms with van der Waals surface area (Å²) in [6, 6.07) is 16.7. The largest absolute Gasteiger partial charge is 0.454 e. The van der Waals surface area contributed by atoms with E-state index in [1.54, 1.807) is 0 Å². The molecule has 1 unspecified atom stereocenters. The summed E-state index contributed by atoms with van der Waals surface area (Å²) >= 11 is 0. The van der Waals surface area contributed by atoms with Gasteiger partial charge in [0.15, 0.2) is 11.5 Å². The van der Waals surface area contributed by atoms with Gasteiger partial charge in [-0.05, 0) is 36.1 Å². The molecule has 3 aliphatic rings. The summed E-state index contributed by atoms with van der Waals surface area (Å²) in [6.07, 6.45) is 8.37. The maximum Gasteiger partial charge on any atom is 0.231 e. The molecule has 3 aromatic rings. The summed E-state index contributed by atoms with van der Waals surface area (Å²) in [4.78, 5) is 0. The zero-order chi connectivity index (χ0) is 20.8. The number of hydrogen-bond donors (Lipinski definition) is 2. The average molecular weight is 413 g/mol. The molecule has 0 saturated heterocycles. The Morgan fingerprint density at radius 1 is 1.06 bits per heavy atom. The van der Waals surface area contributed by atoms with Gasteiger partial charge in [-0.2, -0.15) is 5.10 Å². The van der Waals surface area contributed by atoms with Crippen LogP contribution in [0.1, 0.15) is 47.3 Å². The zero-order valence-electron chi connectivity index (χ0n) is 17.0. The van der Waals surface area contributed by atoms with Crippen LogP contribution < -0.4 is 9.47 Å². The Labute approximate surface area is 180 Å². The van der Waals surface area contributed by atoms with Crippen LogP contribution in [0.15, 0.2) is 59.8 Å². The van der Waals surface area contributed by atoms with E-state index in [2.05, 4.69) is 63.9 Å². The quantitative estimate of drug-likeness (QED) is 0.370. The number of allylic oxidation sites excluding steroid dienone is 1. The van der Waals surface area contributed by atoms with Crippen molar-refractivity contribution in [1.29, 1.82) is 0 Å².